The zero-order valence-corrected chi connectivity index (χ0v) is 10.0. The van der Waals surface area contributed by atoms with Crippen molar-refractivity contribution in [3.8, 4) is 0 Å². The number of carbonyl (C=O) groups excluding carboxylic acids is 1. The van der Waals surface area contributed by atoms with Crippen molar-refractivity contribution < 1.29 is 9.53 Å². The van der Waals surface area contributed by atoms with Crippen molar-refractivity contribution in [3.63, 3.8) is 0 Å². The number of nitrogens with one attached hydrogen (secondary N) is 1. The zero-order chi connectivity index (χ0) is 12.3. The van der Waals surface area contributed by atoms with E-state index in [1.54, 1.807) is 13.2 Å². The Morgan fingerprint density at radius 3 is 3.18 bits per heavy atom. The van der Waals surface area contributed by atoms with E-state index in [9.17, 15) is 4.79 Å². The van der Waals surface area contributed by atoms with Crippen LogP contribution in [-0.4, -0.2) is 48.7 Å². The van der Waals surface area contributed by atoms with Crippen LogP contribution in [0, 0.1) is 6.92 Å². The van der Waals surface area contributed by atoms with Crippen LogP contribution < -0.4 is 10.2 Å². The number of carbonyl (C=O) groups is 1. The molecule has 2 heterocycles. The third kappa shape index (κ3) is 2.71. The molecule has 0 aromatic carbocycles. The van der Waals surface area contributed by atoms with Gasteiger partial charge in [-0.2, -0.15) is 0 Å². The van der Waals surface area contributed by atoms with Crippen LogP contribution in [0.1, 0.15) is 5.69 Å². The van der Waals surface area contributed by atoms with Gasteiger partial charge >= 0.3 is 0 Å². The molecule has 17 heavy (non-hydrogen) atoms. The van der Waals surface area contributed by atoms with E-state index in [4.69, 9.17) is 4.74 Å². The van der Waals surface area contributed by atoms with Crippen LogP contribution in [0.5, 0.6) is 0 Å². The highest BCUT2D eigenvalue weighted by Crippen LogP contribution is 2.12. The molecule has 2 rings (SSSR count). The lowest BCUT2D eigenvalue weighted by atomic mass is 10.2. The van der Waals surface area contributed by atoms with Crippen LogP contribution in [0.25, 0.3) is 0 Å². The number of aryl methyl sites for hydroxylation is 1. The van der Waals surface area contributed by atoms with E-state index >= 15 is 0 Å². The maximum Gasteiger partial charge on any atom is 0.250 e. The van der Waals surface area contributed by atoms with Crippen molar-refractivity contribution in [1.82, 2.24) is 15.3 Å². The monoisotopic (exact) mass is 236 g/mol. The molecule has 92 valence electrons. The number of hydrogen-bond acceptors (Lipinski definition) is 5. The molecular weight excluding hydrogens is 220 g/mol. The Kier molecular flexibility index (Phi) is 3.53. The molecule has 6 nitrogen and oxygen atoms in total. The summed E-state index contributed by atoms with van der Waals surface area (Å²) in [5.74, 6) is 0.546. The van der Waals surface area contributed by atoms with Crippen molar-refractivity contribution in [3.05, 3.63) is 18.0 Å². The molecule has 6 heteroatoms. The fourth-order valence-corrected chi connectivity index (χ4v) is 1.74. The molecule has 1 fully saturated rings. The largest absolute Gasteiger partial charge is 0.365 e. The van der Waals surface area contributed by atoms with Gasteiger partial charge in [0.15, 0.2) is 6.10 Å². The number of ether oxygens (including phenoxy) is 1. The van der Waals surface area contributed by atoms with Crippen LogP contribution in [-0.2, 0) is 9.53 Å². The topological polar surface area (TPSA) is 67.4 Å². The summed E-state index contributed by atoms with van der Waals surface area (Å²) in [6, 6.07) is 1.85. The van der Waals surface area contributed by atoms with Crippen LogP contribution in [0.3, 0.4) is 0 Å². The van der Waals surface area contributed by atoms with Gasteiger partial charge in [-0.1, -0.05) is 0 Å². The molecule has 1 aromatic rings. The van der Waals surface area contributed by atoms with Crippen molar-refractivity contribution in [2.75, 3.05) is 31.6 Å². The number of rotatable bonds is 2. The Morgan fingerprint density at radius 1 is 1.65 bits per heavy atom. The first-order valence-corrected chi connectivity index (χ1v) is 5.58. The van der Waals surface area contributed by atoms with Crippen LogP contribution >= 0.6 is 0 Å². The molecule has 1 aliphatic heterocycles. The van der Waals surface area contributed by atoms with E-state index in [1.165, 1.54) is 0 Å². The summed E-state index contributed by atoms with van der Waals surface area (Å²) in [6.07, 6.45) is 1.28. The minimum absolute atomic E-state index is 0.109. The van der Waals surface area contributed by atoms with Crippen molar-refractivity contribution in [2.45, 2.75) is 13.0 Å². The van der Waals surface area contributed by atoms with Gasteiger partial charge in [-0.05, 0) is 13.0 Å². The predicted octanol–water partition coefficient (Wildman–Crippen LogP) is -0.264. The molecule has 0 aliphatic carbocycles. The molecule has 0 saturated carbocycles. The number of morpholine rings is 1. The van der Waals surface area contributed by atoms with Gasteiger partial charge in [0.05, 0.1) is 13.2 Å². The van der Waals surface area contributed by atoms with Gasteiger partial charge in [0.25, 0.3) is 5.91 Å². The predicted molar refractivity (Wildman–Crippen MR) is 62.8 cm³/mol. The van der Waals surface area contributed by atoms with Gasteiger partial charge in [0.2, 0.25) is 5.95 Å². The summed E-state index contributed by atoms with van der Waals surface area (Å²) in [5, 5.41) is 2.59. The molecule has 1 aromatic heterocycles. The second-order valence-electron chi connectivity index (χ2n) is 3.92. The summed E-state index contributed by atoms with van der Waals surface area (Å²) < 4.78 is 5.40. The van der Waals surface area contributed by atoms with Crippen LogP contribution in [0.15, 0.2) is 12.3 Å². The minimum Gasteiger partial charge on any atom is -0.365 e. The molecule has 0 radical (unpaired) electrons. The van der Waals surface area contributed by atoms with Crippen molar-refractivity contribution in [1.29, 1.82) is 0 Å². The summed E-state index contributed by atoms with van der Waals surface area (Å²) in [6.45, 7) is 3.62. The van der Waals surface area contributed by atoms with E-state index in [0.29, 0.717) is 25.6 Å². The van der Waals surface area contributed by atoms with E-state index in [0.717, 1.165) is 5.69 Å². The number of likely N-dealkylation sites (N-methyl/N-ethyl adjacent to an activating group) is 1. The fraction of sp³-hybridized carbons (Fsp3) is 0.545. The lowest BCUT2D eigenvalue weighted by Gasteiger charge is -2.31. The third-order valence-corrected chi connectivity index (χ3v) is 2.67. The van der Waals surface area contributed by atoms with E-state index in [-0.39, 0.29) is 5.91 Å². The second-order valence-corrected chi connectivity index (χ2v) is 3.92. The molecule has 1 saturated heterocycles. The van der Waals surface area contributed by atoms with Gasteiger partial charge < -0.3 is 15.0 Å². The van der Waals surface area contributed by atoms with Crippen molar-refractivity contribution >= 4 is 11.9 Å². The van der Waals surface area contributed by atoms with Crippen LogP contribution in [0.2, 0.25) is 0 Å². The fourth-order valence-electron chi connectivity index (χ4n) is 1.74. The number of nitrogens with zero attached hydrogens (tertiary/aromatic N) is 3. The molecule has 1 amide bonds. The first kappa shape index (κ1) is 11.8. The Hall–Kier alpha value is -1.69. The highest BCUT2D eigenvalue weighted by atomic mass is 16.5. The van der Waals surface area contributed by atoms with E-state index in [2.05, 4.69) is 15.3 Å². The first-order valence-electron chi connectivity index (χ1n) is 5.58. The minimum atomic E-state index is -0.446. The standard InChI is InChI=1S/C11H16N4O2/c1-8-3-4-13-11(14-8)15-5-6-17-9(7-15)10(16)12-2/h3-4,9H,5-7H2,1-2H3,(H,12,16). The maximum atomic E-state index is 11.5. The second kappa shape index (κ2) is 5.09. The van der Waals surface area contributed by atoms with Gasteiger partial charge in [-0.25, -0.2) is 9.97 Å². The van der Waals surface area contributed by atoms with Gasteiger partial charge in [0, 0.05) is 25.5 Å². The van der Waals surface area contributed by atoms with Gasteiger partial charge in [-0.3, -0.25) is 4.79 Å². The highest BCUT2D eigenvalue weighted by Gasteiger charge is 2.27. The number of anilines is 1. The lowest BCUT2D eigenvalue weighted by Crippen LogP contribution is -2.49. The number of aromatic nitrogens is 2. The quantitative estimate of drug-likeness (QED) is 0.766. The Labute approximate surface area is 100 Å². The summed E-state index contributed by atoms with van der Waals surface area (Å²) in [7, 11) is 1.60. The zero-order valence-electron chi connectivity index (χ0n) is 10.0. The molecule has 0 bridgehead atoms. The van der Waals surface area contributed by atoms with E-state index in [1.807, 2.05) is 17.9 Å². The average molecular weight is 236 g/mol. The summed E-state index contributed by atoms with van der Waals surface area (Å²) in [4.78, 5) is 22.0. The number of hydrogen-bond donors (Lipinski definition) is 1. The molecule has 1 unspecified atom stereocenters. The number of amides is 1. The molecule has 1 atom stereocenters. The molecular formula is C11H16N4O2. The summed E-state index contributed by atoms with van der Waals surface area (Å²) >= 11 is 0. The average Bonchev–Trinajstić information content (AvgIpc) is 2.38. The third-order valence-electron chi connectivity index (χ3n) is 2.67. The lowest BCUT2D eigenvalue weighted by molar-refractivity contribution is -0.132. The van der Waals surface area contributed by atoms with Gasteiger partial charge in [-0.15, -0.1) is 0 Å². The van der Waals surface area contributed by atoms with E-state index < -0.39 is 6.10 Å². The molecule has 1 N–H and O–H groups in total. The first-order chi connectivity index (χ1) is 8.20. The van der Waals surface area contributed by atoms with Crippen molar-refractivity contribution in [2.24, 2.45) is 0 Å². The Morgan fingerprint density at radius 2 is 2.47 bits per heavy atom. The molecule has 0 spiro atoms. The Balaban J connectivity index is 2.09. The van der Waals surface area contributed by atoms with Gasteiger partial charge in [0.1, 0.15) is 0 Å². The van der Waals surface area contributed by atoms with Crippen LogP contribution in [0.4, 0.5) is 5.95 Å². The molecule has 1 aliphatic rings. The summed E-state index contributed by atoms with van der Waals surface area (Å²) in [5.41, 5.74) is 0.915. The normalized spacial score (nSPS) is 20.1. The Bertz CT molecular complexity index is 410. The highest BCUT2D eigenvalue weighted by molar-refractivity contribution is 5.81. The maximum absolute atomic E-state index is 11.5. The SMILES string of the molecule is CNC(=O)C1CN(c2nccc(C)n2)CCO1. The smallest absolute Gasteiger partial charge is 0.250 e.